The number of halogens is 2. The number of hydrogen-bond acceptors (Lipinski definition) is 6. The lowest BCUT2D eigenvalue weighted by atomic mass is 10.1. The number of furan rings is 1. The maximum absolute atomic E-state index is 12.2. The molecule has 1 heterocycles. The lowest BCUT2D eigenvalue weighted by Crippen LogP contribution is -2.17. The smallest absolute Gasteiger partial charge is 0.281 e. The van der Waals surface area contributed by atoms with Crippen molar-refractivity contribution >= 4 is 52.0 Å². The quantitative estimate of drug-likeness (QED) is 0.214. The minimum atomic E-state index is -0.535. The number of carbonyl (C=O) groups excluding carboxylic acids is 1. The van der Waals surface area contributed by atoms with Gasteiger partial charge in [-0.2, -0.15) is 5.10 Å². The third-order valence-corrected chi connectivity index (χ3v) is 4.95. The minimum Gasteiger partial charge on any atom is -0.496 e. The number of nitro benzene ring substituents is 1. The van der Waals surface area contributed by atoms with Crippen LogP contribution >= 0.6 is 34.2 Å². The van der Waals surface area contributed by atoms with Crippen LogP contribution in [0.4, 0.5) is 5.69 Å². The third kappa shape index (κ3) is 4.93. The van der Waals surface area contributed by atoms with Gasteiger partial charge in [0.15, 0.2) is 0 Å². The van der Waals surface area contributed by atoms with E-state index >= 15 is 0 Å². The van der Waals surface area contributed by atoms with Gasteiger partial charge in [-0.05, 0) is 65.1 Å². The molecule has 0 radical (unpaired) electrons. The molecule has 2 aromatic carbocycles. The second kappa shape index (κ2) is 9.05. The molecule has 1 N–H and O–H groups in total. The highest BCUT2D eigenvalue weighted by Gasteiger charge is 2.18. The number of nitrogens with one attached hydrogen (secondary N) is 1. The summed E-state index contributed by atoms with van der Waals surface area (Å²) in [5, 5.41) is 15.3. The summed E-state index contributed by atoms with van der Waals surface area (Å²) in [6.07, 6.45) is 1.30. The number of carbonyl (C=O) groups is 1. The summed E-state index contributed by atoms with van der Waals surface area (Å²) in [4.78, 5) is 22.9. The molecular formula is C19H13ClIN3O5. The molecule has 0 unspecified atom stereocenters. The first-order valence-electron chi connectivity index (χ1n) is 8.10. The predicted molar refractivity (Wildman–Crippen MR) is 117 cm³/mol. The Morgan fingerprint density at radius 3 is 2.79 bits per heavy atom. The fourth-order valence-electron chi connectivity index (χ4n) is 2.45. The van der Waals surface area contributed by atoms with Crippen molar-refractivity contribution in [2.75, 3.05) is 7.11 Å². The summed E-state index contributed by atoms with van der Waals surface area (Å²) in [5.74, 6) is 0.756. The molecule has 10 heteroatoms. The van der Waals surface area contributed by atoms with Crippen molar-refractivity contribution in [2.45, 2.75) is 0 Å². The van der Waals surface area contributed by atoms with Crippen LogP contribution in [0.3, 0.4) is 0 Å². The number of methoxy groups -OCH3 is 1. The Balaban J connectivity index is 1.73. The van der Waals surface area contributed by atoms with E-state index in [0.717, 1.165) is 3.57 Å². The Labute approximate surface area is 183 Å². The highest BCUT2D eigenvalue weighted by Crippen LogP contribution is 2.33. The first-order valence-corrected chi connectivity index (χ1v) is 9.56. The van der Waals surface area contributed by atoms with Crippen LogP contribution in [0.5, 0.6) is 5.75 Å². The zero-order valence-corrected chi connectivity index (χ0v) is 17.8. The van der Waals surface area contributed by atoms with E-state index in [4.69, 9.17) is 20.8 Å². The average Bonchev–Trinajstić information content (AvgIpc) is 3.16. The van der Waals surface area contributed by atoms with Crippen LogP contribution in [0.1, 0.15) is 16.1 Å². The fourth-order valence-corrected chi connectivity index (χ4v) is 3.17. The molecule has 1 aromatic heterocycles. The molecule has 0 saturated heterocycles. The van der Waals surface area contributed by atoms with Crippen LogP contribution in [0.2, 0.25) is 5.02 Å². The van der Waals surface area contributed by atoms with E-state index in [9.17, 15) is 14.9 Å². The summed E-state index contributed by atoms with van der Waals surface area (Å²) in [6, 6.07) is 12.5. The number of nitrogens with zero attached hydrogens (tertiary/aromatic N) is 2. The number of ether oxygens (including phenoxy) is 1. The van der Waals surface area contributed by atoms with Gasteiger partial charge in [-0.15, -0.1) is 0 Å². The van der Waals surface area contributed by atoms with E-state index in [0.29, 0.717) is 17.1 Å². The average molecular weight is 526 g/mol. The van der Waals surface area contributed by atoms with Gasteiger partial charge in [-0.25, -0.2) is 5.43 Å². The molecule has 0 saturated carbocycles. The van der Waals surface area contributed by atoms with Crippen molar-refractivity contribution in [3.05, 3.63) is 78.6 Å². The Morgan fingerprint density at radius 1 is 1.28 bits per heavy atom. The van der Waals surface area contributed by atoms with Gasteiger partial charge in [0.25, 0.3) is 11.6 Å². The maximum atomic E-state index is 12.2. The van der Waals surface area contributed by atoms with E-state index in [2.05, 4.69) is 33.1 Å². The molecule has 0 atom stereocenters. The topological polar surface area (TPSA) is 107 Å². The molecule has 0 aliphatic carbocycles. The zero-order valence-electron chi connectivity index (χ0n) is 14.9. The van der Waals surface area contributed by atoms with Crippen molar-refractivity contribution in [2.24, 2.45) is 5.10 Å². The highest BCUT2D eigenvalue weighted by molar-refractivity contribution is 14.1. The van der Waals surface area contributed by atoms with Crippen LogP contribution < -0.4 is 10.2 Å². The van der Waals surface area contributed by atoms with Crippen molar-refractivity contribution in [3.63, 3.8) is 0 Å². The Morgan fingerprint density at radius 2 is 2.07 bits per heavy atom. The summed E-state index contributed by atoms with van der Waals surface area (Å²) < 4.78 is 11.6. The number of hydrogen-bond donors (Lipinski definition) is 1. The van der Waals surface area contributed by atoms with E-state index in [1.807, 2.05) is 0 Å². The largest absolute Gasteiger partial charge is 0.496 e. The first-order chi connectivity index (χ1) is 13.9. The van der Waals surface area contributed by atoms with Crippen LogP contribution in [-0.4, -0.2) is 24.2 Å². The Bertz CT molecular complexity index is 1110. The van der Waals surface area contributed by atoms with Gasteiger partial charge in [-0.1, -0.05) is 11.6 Å². The second-order valence-corrected chi connectivity index (χ2v) is 7.27. The summed E-state index contributed by atoms with van der Waals surface area (Å²) in [7, 11) is 1.52. The molecule has 29 heavy (non-hydrogen) atoms. The number of rotatable bonds is 6. The van der Waals surface area contributed by atoms with E-state index in [1.165, 1.54) is 31.5 Å². The van der Waals surface area contributed by atoms with E-state index in [1.54, 1.807) is 30.3 Å². The molecule has 3 aromatic rings. The van der Waals surface area contributed by atoms with Gasteiger partial charge in [0, 0.05) is 16.7 Å². The van der Waals surface area contributed by atoms with Crippen LogP contribution in [-0.2, 0) is 0 Å². The maximum Gasteiger partial charge on any atom is 0.281 e. The van der Waals surface area contributed by atoms with Crippen molar-refractivity contribution < 1.29 is 18.9 Å². The van der Waals surface area contributed by atoms with E-state index < -0.39 is 10.8 Å². The zero-order chi connectivity index (χ0) is 21.0. The number of amides is 1. The lowest BCUT2D eigenvalue weighted by molar-refractivity contribution is -0.384. The third-order valence-electron chi connectivity index (χ3n) is 3.82. The lowest BCUT2D eigenvalue weighted by Gasteiger charge is -2.05. The highest BCUT2D eigenvalue weighted by atomic mass is 127. The molecule has 0 bridgehead atoms. The second-order valence-electron chi connectivity index (χ2n) is 5.67. The molecular weight excluding hydrogens is 513 g/mol. The van der Waals surface area contributed by atoms with Crippen molar-refractivity contribution in [3.8, 4) is 17.1 Å². The van der Waals surface area contributed by atoms with Gasteiger partial charge in [0.2, 0.25) is 0 Å². The first kappa shape index (κ1) is 20.8. The summed E-state index contributed by atoms with van der Waals surface area (Å²) in [5.41, 5.74) is 2.89. The number of hydrazone groups is 1. The summed E-state index contributed by atoms with van der Waals surface area (Å²) >= 11 is 7.93. The predicted octanol–water partition coefficient (Wildman–Crippen LogP) is 4.89. The molecule has 0 fully saturated rings. The number of nitro groups is 1. The summed E-state index contributed by atoms with van der Waals surface area (Å²) in [6.45, 7) is 0. The molecule has 0 spiro atoms. The van der Waals surface area contributed by atoms with Crippen molar-refractivity contribution in [1.29, 1.82) is 0 Å². The van der Waals surface area contributed by atoms with Crippen LogP contribution in [0, 0.1) is 13.7 Å². The molecule has 0 aliphatic heterocycles. The monoisotopic (exact) mass is 525 g/mol. The van der Waals surface area contributed by atoms with Gasteiger partial charge >= 0.3 is 0 Å². The Kier molecular flexibility index (Phi) is 6.49. The van der Waals surface area contributed by atoms with Crippen LogP contribution in [0.15, 0.2) is 58.0 Å². The standard InChI is InChI=1S/C19H13ClIN3O5/c1-28-18-8-11(2-6-15(18)21)19(25)23-22-10-13-4-7-17(29-13)14-5-3-12(20)9-16(14)24(26)27/h2-10H,1H3,(H,23,25)/b22-10-. The van der Waals surface area contributed by atoms with Gasteiger partial charge in [0.05, 0.1) is 27.4 Å². The van der Waals surface area contributed by atoms with Crippen molar-refractivity contribution in [1.82, 2.24) is 5.43 Å². The molecule has 148 valence electrons. The molecule has 1 amide bonds. The van der Waals surface area contributed by atoms with Gasteiger partial charge < -0.3 is 9.15 Å². The fraction of sp³-hybridized carbons (Fsp3) is 0.0526. The number of benzene rings is 2. The molecule has 0 aliphatic rings. The normalized spacial score (nSPS) is 10.9. The van der Waals surface area contributed by atoms with Crippen LogP contribution in [0.25, 0.3) is 11.3 Å². The van der Waals surface area contributed by atoms with Gasteiger partial charge in [0.1, 0.15) is 17.3 Å². The molecule has 3 rings (SSSR count). The van der Waals surface area contributed by atoms with E-state index in [-0.39, 0.29) is 22.0 Å². The Hall–Kier alpha value is -2.92. The minimum absolute atomic E-state index is 0.170. The molecule has 8 nitrogen and oxygen atoms in total. The SMILES string of the molecule is COc1cc(C(=O)N/N=C\c2ccc(-c3ccc(Cl)cc3[N+](=O)[O-])o2)ccc1I. The van der Waals surface area contributed by atoms with Gasteiger partial charge in [-0.3, -0.25) is 14.9 Å².